The lowest BCUT2D eigenvalue weighted by Crippen LogP contribution is -2.09. The third kappa shape index (κ3) is 7.88. The highest BCUT2D eigenvalue weighted by atomic mass is 16.3. The van der Waals surface area contributed by atoms with Crippen LogP contribution < -0.4 is 4.90 Å². The van der Waals surface area contributed by atoms with Crippen LogP contribution >= 0.6 is 0 Å². The van der Waals surface area contributed by atoms with Gasteiger partial charge in [0, 0.05) is 33.8 Å². The van der Waals surface area contributed by atoms with Crippen molar-refractivity contribution in [1.29, 1.82) is 0 Å². The van der Waals surface area contributed by atoms with Gasteiger partial charge in [0.05, 0.1) is 22.4 Å². The van der Waals surface area contributed by atoms with E-state index < -0.39 is 0 Å². The van der Waals surface area contributed by atoms with Crippen molar-refractivity contribution in [1.82, 2.24) is 15.0 Å². The molecule has 12 aromatic rings. The number of fused-ring (bicyclic) bond motifs is 2. The Morgan fingerprint density at radius 2 is 0.662 bits per heavy atom. The second-order valence-electron chi connectivity index (χ2n) is 16.8. The molecule has 2 aromatic heterocycles. The molecule has 0 atom stereocenters. The van der Waals surface area contributed by atoms with Gasteiger partial charge in [0.25, 0.3) is 0 Å². The quantitative estimate of drug-likeness (QED) is 0.137. The van der Waals surface area contributed by atoms with E-state index in [1.165, 1.54) is 11.1 Å². The van der Waals surface area contributed by atoms with E-state index in [1.54, 1.807) is 0 Å². The maximum atomic E-state index is 6.11. The molecule has 0 N–H and O–H groups in total. The van der Waals surface area contributed by atoms with Crippen LogP contribution in [0.25, 0.3) is 101 Å². The number of hydrogen-bond donors (Lipinski definition) is 0. The number of aromatic nitrogens is 3. The number of nitrogens with zero attached hydrogens (tertiary/aromatic N) is 4. The van der Waals surface area contributed by atoms with Crippen LogP contribution in [0.3, 0.4) is 0 Å². The zero-order valence-electron chi connectivity index (χ0n) is 36.9. The lowest BCUT2D eigenvalue weighted by Gasteiger charge is -2.25. The van der Waals surface area contributed by atoms with Gasteiger partial charge in [-0.15, -0.1) is 0 Å². The summed E-state index contributed by atoms with van der Waals surface area (Å²) in [5.41, 5.74) is 19.9. The number of anilines is 3. The van der Waals surface area contributed by atoms with Gasteiger partial charge < -0.3 is 9.32 Å². The number of rotatable bonds is 10. The zero-order chi connectivity index (χ0) is 45.2. The van der Waals surface area contributed by atoms with E-state index >= 15 is 0 Å². The molecule has 12 rings (SSSR count). The first kappa shape index (κ1) is 40.3. The summed E-state index contributed by atoms with van der Waals surface area (Å²) < 4.78 is 6.11. The maximum absolute atomic E-state index is 6.11. The number of hydrogen-bond acceptors (Lipinski definition) is 5. The van der Waals surface area contributed by atoms with E-state index in [2.05, 4.69) is 223 Å². The Labute approximate surface area is 395 Å². The van der Waals surface area contributed by atoms with Crippen molar-refractivity contribution in [2.24, 2.45) is 0 Å². The van der Waals surface area contributed by atoms with Gasteiger partial charge in [0.15, 0.2) is 5.58 Å². The molecule has 320 valence electrons. The molecule has 0 saturated carbocycles. The molecule has 0 aliphatic carbocycles. The molecule has 0 spiro atoms. The summed E-state index contributed by atoms with van der Waals surface area (Å²) in [7, 11) is 0. The van der Waals surface area contributed by atoms with Crippen molar-refractivity contribution in [3.05, 3.63) is 255 Å². The van der Waals surface area contributed by atoms with Crippen molar-refractivity contribution < 1.29 is 4.42 Å². The highest BCUT2D eigenvalue weighted by molar-refractivity contribution is 5.97. The second-order valence-corrected chi connectivity index (χ2v) is 16.8. The Bertz CT molecular complexity index is 3670. The number of para-hydroxylation sites is 3. The van der Waals surface area contributed by atoms with E-state index in [0.29, 0.717) is 5.89 Å². The van der Waals surface area contributed by atoms with Crippen molar-refractivity contribution in [2.75, 3.05) is 4.90 Å². The third-order valence-electron chi connectivity index (χ3n) is 12.5. The third-order valence-corrected chi connectivity index (χ3v) is 12.5. The van der Waals surface area contributed by atoms with Crippen LogP contribution in [-0.2, 0) is 0 Å². The van der Waals surface area contributed by atoms with Crippen molar-refractivity contribution in [3.8, 4) is 78.5 Å². The number of oxazole rings is 1. The normalized spacial score (nSPS) is 11.2. The SMILES string of the molecule is c1ccc(-c2cccc(-c3cc4nc(-c5ccccc5)c(-c5ccc(N(c6ccccc6)c6ccc(-c7nc8ccccc8o7)cc6)cc5)nc4cc3-c3cccc(-c4ccccc4)c3)c2)cc1. The molecule has 68 heavy (non-hydrogen) atoms. The zero-order valence-corrected chi connectivity index (χ0v) is 36.9. The lowest BCUT2D eigenvalue weighted by molar-refractivity contribution is 0.620. The first-order chi connectivity index (χ1) is 33.7. The molecule has 5 nitrogen and oxygen atoms in total. The van der Waals surface area contributed by atoms with E-state index in [0.717, 1.165) is 101 Å². The van der Waals surface area contributed by atoms with Gasteiger partial charge in [-0.2, -0.15) is 0 Å². The minimum Gasteiger partial charge on any atom is -0.436 e. The Morgan fingerprint density at radius 3 is 1.18 bits per heavy atom. The Kier molecular flexibility index (Phi) is 10.5. The molecule has 10 aromatic carbocycles. The second kappa shape index (κ2) is 17.7. The monoisotopic (exact) mass is 870 g/mol. The van der Waals surface area contributed by atoms with Crippen LogP contribution in [-0.4, -0.2) is 15.0 Å². The average molecular weight is 871 g/mol. The van der Waals surface area contributed by atoms with Crippen molar-refractivity contribution >= 4 is 39.2 Å². The lowest BCUT2D eigenvalue weighted by atomic mass is 9.90. The van der Waals surface area contributed by atoms with Crippen LogP contribution in [0.15, 0.2) is 259 Å². The Balaban J connectivity index is 0.985. The van der Waals surface area contributed by atoms with Gasteiger partial charge >= 0.3 is 0 Å². The molecule has 0 aliphatic heterocycles. The summed E-state index contributed by atoms with van der Waals surface area (Å²) >= 11 is 0. The molecule has 0 saturated heterocycles. The molecular formula is C63H42N4O. The highest BCUT2D eigenvalue weighted by Crippen LogP contribution is 2.42. The van der Waals surface area contributed by atoms with Crippen molar-refractivity contribution in [3.63, 3.8) is 0 Å². The smallest absolute Gasteiger partial charge is 0.227 e. The molecular weight excluding hydrogens is 829 g/mol. The Morgan fingerprint density at radius 1 is 0.265 bits per heavy atom. The molecule has 0 fully saturated rings. The van der Waals surface area contributed by atoms with E-state index in [4.69, 9.17) is 19.4 Å². The van der Waals surface area contributed by atoms with Crippen LogP contribution in [0, 0.1) is 0 Å². The van der Waals surface area contributed by atoms with Crippen LogP contribution in [0.1, 0.15) is 0 Å². The molecule has 0 unspecified atom stereocenters. The maximum Gasteiger partial charge on any atom is 0.227 e. The van der Waals surface area contributed by atoms with Gasteiger partial charge in [-0.25, -0.2) is 15.0 Å². The molecule has 0 amide bonds. The molecule has 0 bridgehead atoms. The summed E-state index contributed by atoms with van der Waals surface area (Å²) in [4.78, 5) is 18.0. The molecule has 5 heteroatoms. The summed E-state index contributed by atoms with van der Waals surface area (Å²) in [5.74, 6) is 0.598. The number of benzene rings is 10. The van der Waals surface area contributed by atoms with E-state index in [1.807, 2.05) is 36.4 Å². The van der Waals surface area contributed by atoms with E-state index in [9.17, 15) is 0 Å². The van der Waals surface area contributed by atoms with Crippen LogP contribution in [0.5, 0.6) is 0 Å². The fourth-order valence-corrected chi connectivity index (χ4v) is 9.11. The molecule has 0 aliphatic rings. The summed E-state index contributed by atoms with van der Waals surface area (Å²) in [6.07, 6.45) is 0. The first-order valence-corrected chi connectivity index (χ1v) is 22.8. The summed E-state index contributed by atoms with van der Waals surface area (Å²) in [5, 5.41) is 0. The highest BCUT2D eigenvalue weighted by Gasteiger charge is 2.20. The van der Waals surface area contributed by atoms with Gasteiger partial charge in [-0.1, -0.05) is 170 Å². The molecule has 2 heterocycles. The molecule has 0 radical (unpaired) electrons. The predicted octanol–water partition coefficient (Wildman–Crippen LogP) is 16.9. The van der Waals surface area contributed by atoms with Gasteiger partial charge in [-0.05, 0) is 129 Å². The first-order valence-electron chi connectivity index (χ1n) is 22.8. The predicted molar refractivity (Wildman–Crippen MR) is 280 cm³/mol. The Hall–Kier alpha value is -9.19. The van der Waals surface area contributed by atoms with Gasteiger partial charge in [-0.3, -0.25) is 0 Å². The topological polar surface area (TPSA) is 55.1 Å². The minimum absolute atomic E-state index is 0.598. The fraction of sp³-hybridized carbons (Fsp3) is 0. The minimum atomic E-state index is 0.598. The largest absolute Gasteiger partial charge is 0.436 e. The standard InChI is InChI=1S/C63H42N4O/c1-5-17-43(18-6-1)48-23-15-25-50(39-48)55-41-58-59(42-56(55)51-26-16-24-49(40-51)44-19-7-2-8-20-44)65-62(61(64-58)45-21-9-3-10-22-45)46-31-35-53(36-32-46)67(52-27-11-4-12-28-52)54-37-33-47(34-38-54)63-66-57-29-13-14-30-60(57)68-63/h1-42H. The van der Waals surface area contributed by atoms with Crippen LogP contribution in [0.4, 0.5) is 17.1 Å². The fourth-order valence-electron chi connectivity index (χ4n) is 9.11. The van der Waals surface area contributed by atoms with E-state index in [-0.39, 0.29) is 0 Å². The van der Waals surface area contributed by atoms with Gasteiger partial charge in [0.2, 0.25) is 5.89 Å². The summed E-state index contributed by atoms with van der Waals surface area (Å²) in [6.45, 7) is 0. The van der Waals surface area contributed by atoms with Crippen LogP contribution in [0.2, 0.25) is 0 Å². The summed E-state index contributed by atoms with van der Waals surface area (Å²) in [6, 6.07) is 88.9. The van der Waals surface area contributed by atoms with Gasteiger partial charge in [0.1, 0.15) is 5.52 Å². The van der Waals surface area contributed by atoms with Crippen molar-refractivity contribution in [2.45, 2.75) is 0 Å². The average Bonchev–Trinajstić information content (AvgIpc) is 3.87.